The highest BCUT2D eigenvalue weighted by Gasteiger charge is 1.77. The number of hydrogen-bond acceptors (Lipinski definition) is 4. The zero-order valence-electron chi connectivity index (χ0n) is 3.87. The fourth-order valence-electron chi connectivity index (χ4n) is 0.109. The van der Waals surface area contributed by atoms with Crippen molar-refractivity contribution in [2.45, 2.75) is 6.92 Å². The highest BCUT2D eigenvalue weighted by Crippen LogP contribution is 1.64. The zero-order chi connectivity index (χ0) is 5.70. The molecule has 0 saturated carbocycles. The van der Waals surface area contributed by atoms with Crippen molar-refractivity contribution < 1.29 is 10.4 Å². The third-order valence-electron chi connectivity index (χ3n) is 0.402. The van der Waals surface area contributed by atoms with Crippen LogP contribution < -0.4 is 0 Å². The summed E-state index contributed by atoms with van der Waals surface area (Å²) in [6.07, 6.45) is 1.03. The lowest BCUT2D eigenvalue weighted by Gasteiger charge is -1.76. The number of oxime groups is 2. The van der Waals surface area contributed by atoms with Gasteiger partial charge in [0.05, 0.1) is 11.9 Å². The van der Waals surface area contributed by atoms with Gasteiger partial charge in [0.1, 0.15) is 0 Å². The molecule has 4 nitrogen and oxygen atoms in total. The van der Waals surface area contributed by atoms with Crippen LogP contribution in [0.1, 0.15) is 6.92 Å². The molecule has 4 heteroatoms. The molecule has 0 spiro atoms. The molecule has 0 aliphatic rings. The van der Waals surface area contributed by atoms with E-state index in [0.717, 1.165) is 6.21 Å². The van der Waals surface area contributed by atoms with E-state index in [2.05, 4.69) is 10.3 Å². The fourth-order valence-corrected chi connectivity index (χ4v) is 0.109. The van der Waals surface area contributed by atoms with Crippen molar-refractivity contribution in [3.8, 4) is 0 Å². The summed E-state index contributed by atoms with van der Waals surface area (Å²) in [6, 6.07) is 0. The molecule has 2 N–H and O–H groups in total. The largest absolute Gasteiger partial charge is 0.411 e. The van der Waals surface area contributed by atoms with Gasteiger partial charge < -0.3 is 10.4 Å². The lowest BCUT2D eigenvalue weighted by molar-refractivity contribution is 0.315. The molecule has 0 unspecified atom stereocenters. The molecule has 0 fully saturated rings. The fraction of sp³-hybridized carbons (Fsp3) is 0.333. The molecule has 0 aromatic heterocycles. The molecule has 0 aromatic rings. The normalized spacial score (nSPS) is 13.0. The summed E-state index contributed by atoms with van der Waals surface area (Å²) in [5.74, 6) is 0. The SMILES string of the molecule is CC(C=NO)=NO. The van der Waals surface area contributed by atoms with Gasteiger partial charge in [-0.1, -0.05) is 10.3 Å². The van der Waals surface area contributed by atoms with E-state index in [1.165, 1.54) is 6.92 Å². The predicted octanol–water partition coefficient (Wildman–Crippen LogP) is 0.296. The second kappa shape index (κ2) is 3.14. The minimum atomic E-state index is 0.266. The third kappa shape index (κ3) is 2.75. The zero-order valence-corrected chi connectivity index (χ0v) is 3.87. The maximum Gasteiger partial charge on any atom is 0.0980 e. The van der Waals surface area contributed by atoms with Crippen molar-refractivity contribution in [3.05, 3.63) is 0 Å². The standard InChI is InChI=1S/C3H6N2O2/c1-3(5-7)2-4-6/h2,6-7H,1H3. The maximum absolute atomic E-state index is 7.85. The van der Waals surface area contributed by atoms with Crippen LogP contribution in [-0.2, 0) is 0 Å². The molecular formula is C3H6N2O2. The second-order valence-corrected chi connectivity index (χ2v) is 0.986. The minimum absolute atomic E-state index is 0.266. The van der Waals surface area contributed by atoms with Gasteiger partial charge in [-0.25, -0.2) is 0 Å². The molecule has 0 aliphatic carbocycles. The van der Waals surface area contributed by atoms with E-state index in [1.54, 1.807) is 0 Å². The highest BCUT2D eigenvalue weighted by molar-refractivity contribution is 6.28. The van der Waals surface area contributed by atoms with Crippen LogP contribution >= 0.6 is 0 Å². The first-order chi connectivity index (χ1) is 3.31. The van der Waals surface area contributed by atoms with Gasteiger partial charge in [0.15, 0.2) is 0 Å². The highest BCUT2D eigenvalue weighted by atomic mass is 16.4. The van der Waals surface area contributed by atoms with Crippen molar-refractivity contribution in [1.82, 2.24) is 0 Å². The predicted molar refractivity (Wildman–Crippen MR) is 25.2 cm³/mol. The first-order valence-electron chi connectivity index (χ1n) is 1.67. The number of rotatable bonds is 1. The summed E-state index contributed by atoms with van der Waals surface area (Å²) in [7, 11) is 0. The Morgan fingerprint density at radius 3 is 2.29 bits per heavy atom. The van der Waals surface area contributed by atoms with Gasteiger partial charge in [0, 0.05) is 0 Å². The summed E-state index contributed by atoms with van der Waals surface area (Å²) in [4.78, 5) is 0. The topological polar surface area (TPSA) is 65.2 Å². The van der Waals surface area contributed by atoms with Crippen LogP contribution in [0.2, 0.25) is 0 Å². The van der Waals surface area contributed by atoms with Gasteiger partial charge in [-0.15, -0.1) is 0 Å². The monoisotopic (exact) mass is 102 g/mol. The van der Waals surface area contributed by atoms with Crippen molar-refractivity contribution >= 4 is 11.9 Å². The molecule has 0 aromatic carbocycles. The van der Waals surface area contributed by atoms with E-state index in [4.69, 9.17) is 10.4 Å². The summed E-state index contributed by atoms with van der Waals surface area (Å²) in [5, 5.41) is 20.9. The summed E-state index contributed by atoms with van der Waals surface area (Å²) in [6.45, 7) is 1.50. The van der Waals surface area contributed by atoms with Gasteiger partial charge in [0.2, 0.25) is 0 Å². The van der Waals surface area contributed by atoms with Crippen LogP contribution in [0.5, 0.6) is 0 Å². The minimum Gasteiger partial charge on any atom is -0.411 e. The third-order valence-corrected chi connectivity index (χ3v) is 0.402. The molecule has 0 amide bonds. The summed E-state index contributed by atoms with van der Waals surface area (Å²) < 4.78 is 0. The van der Waals surface area contributed by atoms with Crippen molar-refractivity contribution in [1.29, 1.82) is 0 Å². The molecule has 0 bridgehead atoms. The van der Waals surface area contributed by atoms with Gasteiger partial charge in [-0.05, 0) is 6.92 Å². The van der Waals surface area contributed by atoms with Gasteiger partial charge in [-0.2, -0.15) is 0 Å². The quantitative estimate of drug-likeness (QED) is 0.284. The van der Waals surface area contributed by atoms with E-state index in [9.17, 15) is 0 Å². The van der Waals surface area contributed by atoms with Crippen molar-refractivity contribution in [2.75, 3.05) is 0 Å². The molecular weight excluding hydrogens is 96.0 g/mol. The lowest BCUT2D eigenvalue weighted by atomic mass is 10.5. The van der Waals surface area contributed by atoms with Crippen molar-refractivity contribution in [3.63, 3.8) is 0 Å². The smallest absolute Gasteiger partial charge is 0.0980 e. The average molecular weight is 102 g/mol. The van der Waals surface area contributed by atoms with E-state index >= 15 is 0 Å². The molecule has 0 aliphatic heterocycles. The molecule has 0 atom stereocenters. The number of nitrogens with zero attached hydrogens (tertiary/aromatic N) is 2. The van der Waals surface area contributed by atoms with Gasteiger partial charge in [0.25, 0.3) is 0 Å². The number of hydrogen-bond donors (Lipinski definition) is 2. The Morgan fingerprint density at radius 1 is 1.57 bits per heavy atom. The Hall–Kier alpha value is -1.06. The Morgan fingerprint density at radius 2 is 2.14 bits per heavy atom. The summed E-state index contributed by atoms with van der Waals surface area (Å²) >= 11 is 0. The summed E-state index contributed by atoms with van der Waals surface area (Å²) in [5.41, 5.74) is 0.266. The Kier molecular flexibility index (Phi) is 2.67. The molecule has 0 saturated heterocycles. The first-order valence-corrected chi connectivity index (χ1v) is 1.67. The molecule has 0 rings (SSSR count). The molecule has 0 radical (unpaired) electrons. The van der Waals surface area contributed by atoms with E-state index in [0.29, 0.717) is 0 Å². The van der Waals surface area contributed by atoms with E-state index < -0.39 is 0 Å². The first kappa shape index (κ1) is 5.94. The van der Waals surface area contributed by atoms with Crippen LogP contribution in [0, 0.1) is 0 Å². The van der Waals surface area contributed by atoms with Crippen LogP contribution in [0.3, 0.4) is 0 Å². The Bertz CT molecular complexity index is 97.1. The van der Waals surface area contributed by atoms with Crippen LogP contribution in [0.15, 0.2) is 10.3 Å². The molecule has 40 valence electrons. The maximum atomic E-state index is 7.85. The van der Waals surface area contributed by atoms with Crippen LogP contribution in [0.4, 0.5) is 0 Å². The van der Waals surface area contributed by atoms with Crippen LogP contribution in [0.25, 0.3) is 0 Å². The van der Waals surface area contributed by atoms with E-state index in [-0.39, 0.29) is 5.71 Å². The molecule has 7 heavy (non-hydrogen) atoms. The van der Waals surface area contributed by atoms with Crippen molar-refractivity contribution in [2.24, 2.45) is 10.3 Å². The molecule has 0 heterocycles. The second-order valence-electron chi connectivity index (χ2n) is 0.986. The lowest BCUT2D eigenvalue weighted by Crippen LogP contribution is -1.90. The van der Waals surface area contributed by atoms with Gasteiger partial charge >= 0.3 is 0 Å². The van der Waals surface area contributed by atoms with Gasteiger partial charge in [-0.3, -0.25) is 0 Å². The van der Waals surface area contributed by atoms with E-state index in [1.807, 2.05) is 0 Å². The van der Waals surface area contributed by atoms with Crippen LogP contribution in [-0.4, -0.2) is 22.3 Å². The Balaban J connectivity index is 3.58. The Labute approximate surface area is 40.8 Å². The average Bonchev–Trinajstić information content (AvgIpc) is 1.68.